The second kappa shape index (κ2) is 7.33. The van der Waals surface area contributed by atoms with Gasteiger partial charge in [0.1, 0.15) is 0 Å². The predicted octanol–water partition coefficient (Wildman–Crippen LogP) is 2.60. The molecule has 6 nitrogen and oxygen atoms in total. The van der Waals surface area contributed by atoms with Gasteiger partial charge in [0.25, 0.3) is 11.8 Å². The Bertz CT molecular complexity index is 715. The molecule has 4 aliphatic rings. The van der Waals surface area contributed by atoms with Crippen LogP contribution in [0.15, 0.2) is 24.3 Å². The minimum absolute atomic E-state index is 0.0163. The monoisotopic (exact) mass is 370 g/mol. The first-order valence-electron chi connectivity index (χ1n) is 9.82. The van der Waals surface area contributed by atoms with Crippen LogP contribution in [0.4, 0.5) is 5.69 Å². The largest absolute Gasteiger partial charge is 0.455 e. The topological polar surface area (TPSA) is 84.5 Å². The predicted molar refractivity (Wildman–Crippen MR) is 100.0 cm³/mol. The Morgan fingerprint density at radius 3 is 2.11 bits per heavy atom. The molecular formula is C21H26N2O4. The molecule has 0 heterocycles. The second-order valence-corrected chi connectivity index (χ2v) is 8.27. The maximum atomic E-state index is 12.6. The van der Waals surface area contributed by atoms with E-state index in [4.69, 9.17) is 4.74 Å². The van der Waals surface area contributed by atoms with Crippen molar-refractivity contribution in [1.82, 2.24) is 5.32 Å². The molecule has 2 N–H and O–H groups in total. The molecule has 2 amide bonds. The summed E-state index contributed by atoms with van der Waals surface area (Å²) >= 11 is 0. The van der Waals surface area contributed by atoms with Crippen molar-refractivity contribution in [3.05, 3.63) is 29.8 Å². The Balaban J connectivity index is 1.28. The smallest absolute Gasteiger partial charge is 0.310 e. The van der Waals surface area contributed by atoms with E-state index in [-0.39, 0.29) is 30.3 Å². The molecule has 4 saturated carbocycles. The lowest BCUT2D eigenvalue weighted by Crippen LogP contribution is -2.48. The van der Waals surface area contributed by atoms with E-state index in [9.17, 15) is 14.4 Å². The van der Waals surface area contributed by atoms with E-state index >= 15 is 0 Å². The highest BCUT2D eigenvalue weighted by Crippen LogP contribution is 2.56. The lowest BCUT2D eigenvalue weighted by atomic mass is 9.52. The van der Waals surface area contributed by atoms with Crippen molar-refractivity contribution in [1.29, 1.82) is 0 Å². The number of rotatable bonds is 5. The van der Waals surface area contributed by atoms with Gasteiger partial charge < -0.3 is 15.4 Å². The zero-order valence-corrected chi connectivity index (χ0v) is 15.6. The summed E-state index contributed by atoms with van der Waals surface area (Å²) in [6.07, 6.45) is 5.94. The first kappa shape index (κ1) is 18.0. The lowest BCUT2D eigenvalue weighted by molar-refractivity contribution is -0.164. The van der Waals surface area contributed by atoms with Crippen molar-refractivity contribution in [3.63, 3.8) is 0 Å². The number of carbonyl (C=O) groups is 3. The molecule has 4 fully saturated rings. The fourth-order valence-electron chi connectivity index (χ4n) is 5.59. The summed E-state index contributed by atoms with van der Waals surface area (Å²) in [6.45, 7) is -0.265. The minimum Gasteiger partial charge on any atom is -0.455 e. The normalized spacial score (nSPS) is 30.6. The Morgan fingerprint density at radius 1 is 0.963 bits per heavy atom. The number of anilines is 1. The fourth-order valence-corrected chi connectivity index (χ4v) is 5.59. The Morgan fingerprint density at radius 2 is 1.56 bits per heavy atom. The highest BCUT2D eigenvalue weighted by molar-refractivity contribution is 5.96. The molecule has 4 bridgehead atoms. The lowest BCUT2D eigenvalue weighted by Gasteiger charge is -2.53. The third-order valence-electron chi connectivity index (χ3n) is 6.50. The molecule has 0 unspecified atom stereocenters. The van der Waals surface area contributed by atoms with Gasteiger partial charge in [-0.05, 0) is 80.0 Å². The van der Waals surface area contributed by atoms with Crippen LogP contribution in [0.1, 0.15) is 42.5 Å². The Labute approximate surface area is 159 Å². The van der Waals surface area contributed by atoms with E-state index in [0.29, 0.717) is 23.1 Å². The molecule has 0 spiro atoms. The van der Waals surface area contributed by atoms with Crippen LogP contribution >= 0.6 is 0 Å². The minimum atomic E-state index is -0.361. The van der Waals surface area contributed by atoms with E-state index < -0.39 is 0 Å². The number of esters is 1. The molecular weight excluding hydrogens is 344 g/mol. The van der Waals surface area contributed by atoms with Crippen LogP contribution in [0.2, 0.25) is 0 Å². The van der Waals surface area contributed by atoms with Crippen molar-refractivity contribution < 1.29 is 19.1 Å². The summed E-state index contributed by atoms with van der Waals surface area (Å²) in [6, 6.07) is 6.58. The molecule has 5 rings (SSSR count). The van der Waals surface area contributed by atoms with Gasteiger partial charge in [-0.2, -0.15) is 0 Å². The van der Waals surface area contributed by atoms with Gasteiger partial charge >= 0.3 is 5.97 Å². The number of carbonyl (C=O) groups excluding carboxylic acids is 3. The maximum absolute atomic E-state index is 12.6. The van der Waals surface area contributed by atoms with E-state index in [1.54, 1.807) is 31.3 Å². The van der Waals surface area contributed by atoms with Crippen LogP contribution in [-0.4, -0.2) is 31.4 Å². The first-order valence-corrected chi connectivity index (χ1v) is 9.82. The summed E-state index contributed by atoms with van der Waals surface area (Å²) in [5.74, 6) is 1.75. The van der Waals surface area contributed by atoms with Crippen LogP contribution in [0, 0.1) is 29.6 Å². The van der Waals surface area contributed by atoms with Gasteiger partial charge in [0.15, 0.2) is 6.61 Å². The van der Waals surface area contributed by atoms with E-state index in [1.807, 2.05) is 0 Å². The molecule has 27 heavy (non-hydrogen) atoms. The van der Waals surface area contributed by atoms with Crippen LogP contribution in [-0.2, 0) is 14.3 Å². The summed E-state index contributed by atoms with van der Waals surface area (Å²) in [5.41, 5.74) is 1.09. The average Bonchev–Trinajstić information content (AvgIpc) is 2.65. The Kier molecular flexibility index (Phi) is 4.89. The zero-order chi connectivity index (χ0) is 19.0. The maximum Gasteiger partial charge on any atom is 0.310 e. The zero-order valence-electron chi connectivity index (χ0n) is 15.6. The number of amides is 2. The number of hydrogen-bond acceptors (Lipinski definition) is 4. The molecule has 1 aromatic rings. The van der Waals surface area contributed by atoms with Gasteiger partial charge in [0.2, 0.25) is 0 Å². The summed E-state index contributed by atoms with van der Waals surface area (Å²) in [5, 5.41) is 5.24. The van der Waals surface area contributed by atoms with Crippen molar-refractivity contribution in [3.8, 4) is 0 Å². The van der Waals surface area contributed by atoms with Gasteiger partial charge in [-0.25, -0.2) is 0 Å². The molecule has 144 valence electrons. The summed E-state index contributed by atoms with van der Waals surface area (Å²) in [4.78, 5) is 36.2. The molecule has 0 aromatic heterocycles. The molecule has 0 saturated heterocycles. The summed E-state index contributed by atoms with van der Waals surface area (Å²) < 4.78 is 5.37. The van der Waals surface area contributed by atoms with Gasteiger partial charge in [-0.15, -0.1) is 0 Å². The summed E-state index contributed by atoms with van der Waals surface area (Å²) in [7, 11) is 1.57. The highest BCUT2D eigenvalue weighted by atomic mass is 16.5. The molecule has 0 radical (unpaired) electrons. The second-order valence-electron chi connectivity index (χ2n) is 8.27. The molecule has 0 atom stereocenters. The first-order chi connectivity index (χ1) is 13.0. The van der Waals surface area contributed by atoms with Crippen molar-refractivity contribution in [2.45, 2.75) is 32.1 Å². The van der Waals surface area contributed by atoms with Gasteiger partial charge in [-0.1, -0.05) is 0 Å². The van der Waals surface area contributed by atoms with Crippen LogP contribution < -0.4 is 10.6 Å². The van der Waals surface area contributed by atoms with Gasteiger partial charge in [0, 0.05) is 18.3 Å². The van der Waals surface area contributed by atoms with Crippen LogP contribution in [0.3, 0.4) is 0 Å². The third kappa shape index (κ3) is 3.70. The number of benzene rings is 1. The molecule has 0 aliphatic heterocycles. The molecule has 1 aromatic carbocycles. The highest BCUT2D eigenvalue weighted by Gasteiger charge is 2.51. The van der Waals surface area contributed by atoms with Crippen molar-refractivity contribution in [2.75, 3.05) is 19.0 Å². The number of hydrogen-bond donors (Lipinski definition) is 2. The fraction of sp³-hybridized carbons (Fsp3) is 0.571. The van der Waals surface area contributed by atoms with Crippen molar-refractivity contribution in [2.24, 2.45) is 29.6 Å². The van der Waals surface area contributed by atoms with E-state index in [1.165, 1.54) is 6.42 Å². The standard InChI is InChI=1S/C21H26N2O4/c1-22-20(25)14-2-4-17(5-3-14)23-18(24)11-27-21(26)19-15-7-12-6-13(9-15)10-16(19)8-12/h2-5,12-13,15-16,19H,6-11H2,1H3,(H,22,25)(H,23,24). The third-order valence-corrected chi connectivity index (χ3v) is 6.50. The SMILES string of the molecule is CNC(=O)c1ccc(NC(=O)COC(=O)C2C3CC4CC(C3)CC2C4)cc1. The number of nitrogens with one attached hydrogen (secondary N) is 2. The quantitative estimate of drug-likeness (QED) is 0.781. The average molecular weight is 370 g/mol. The van der Waals surface area contributed by atoms with Crippen LogP contribution in [0.5, 0.6) is 0 Å². The van der Waals surface area contributed by atoms with Gasteiger partial charge in [-0.3, -0.25) is 14.4 Å². The Hall–Kier alpha value is -2.37. The van der Waals surface area contributed by atoms with Crippen LogP contribution in [0.25, 0.3) is 0 Å². The van der Waals surface area contributed by atoms with Crippen molar-refractivity contribution >= 4 is 23.5 Å². The number of ether oxygens (including phenoxy) is 1. The van der Waals surface area contributed by atoms with E-state index in [2.05, 4.69) is 10.6 Å². The van der Waals surface area contributed by atoms with Gasteiger partial charge in [0.05, 0.1) is 5.92 Å². The molecule has 6 heteroatoms. The van der Waals surface area contributed by atoms with E-state index in [0.717, 1.165) is 37.5 Å². The molecule has 4 aliphatic carbocycles.